The molecule has 17 heavy (non-hydrogen) atoms. The molecule has 0 aromatic heterocycles. The summed E-state index contributed by atoms with van der Waals surface area (Å²) in [6.45, 7) is 0. The molecule has 1 aliphatic carbocycles. The highest BCUT2D eigenvalue weighted by atomic mass is 16.5. The molecular formula is C13H18O4. The monoisotopic (exact) mass is 238 g/mol. The second kappa shape index (κ2) is 4.45. The maximum Gasteiger partial charge on any atom is 0.129 e. The number of rotatable bonds is 5. The lowest BCUT2D eigenvalue weighted by atomic mass is 10.0. The summed E-state index contributed by atoms with van der Waals surface area (Å²) in [7, 11) is 4.81. The van der Waals surface area contributed by atoms with Gasteiger partial charge in [-0.25, -0.2) is 0 Å². The van der Waals surface area contributed by atoms with Crippen LogP contribution >= 0.6 is 0 Å². The van der Waals surface area contributed by atoms with Crippen LogP contribution in [-0.2, 0) is 6.42 Å². The van der Waals surface area contributed by atoms with Gasteiger partial charge in [0.15, 0.2) is 0 Å². The van der Waals surface area contributed by atoms with Gasteiger partial charge in [-0.05, 0) is 12.8 Å². The zero-order valence-corrected chi connectivity index (χ0v) is 10.4. The number of hydrogen-bond acceptors (Lipinski definition) is 4. The first-order valence-corrected chi connectivity index (χ1v) is 5.63. The van der Waals surface area contributed by atoms with Crippen LogP contribution in [0.4, 0.5) is 0 Å². The van der Waals surface area contributed by atoms with E-state index in [0.29, 0.717) is 23.7 Å². The van der Waals surface area contributed by atoms with Gasteiger partial charge in [-0.3, -0.25) is 0 Å². The lowest BCUT2D eigenvalue weighted by molar-refractivity contribution is 0.148. The fraction of sp³-hybridized carbons (Fsp3) is 0.538. The zero-order chi connectivity index (χ0) is 12.5. The third-order valence-electron chi connectivity index (χ3n) is 3.15. The summed E-state index contributed by atoms with van der Waals surface area (Å²) in [6.07, 6.45) is 2.24. The molecule has 0 saturated heterocycles. The Kier molecular flexibility index (Phi) is 3.15. The number of aliphatic hydroxyl groups is 1. The van der Waals surface area contributed by atoms with Gasteiger partial charge in [0.25, 0.3) is 0 Å². The van der Waals surface area contributed by atoms with E-state index in [-0.39, 0.29) is 0 Å². The molecule has 4 heteroatoms. The van der Waals surface area contributed by atoms with Crippen LogP contribution in [0.1, 0.15) is 18.4 Å². The summed E-state index contributed by atoms with van der Waals surface area (Å²) in [5, 5.41) is 10.0. The van der Waals surface area contributed by atoms with E-state index in [4.69, 9.17) is 14.2 Å². The molecule has 1 aromatic carbocycles. The fourth-order valence-corrected chi connectivity index (χ4v) is 1.90. The van der Waals surface area contributed by atoms with Crippen LogP contribution in [0.25, 0.3) is 0 Å². The Hall–Kier alpha value is -1.42. The summed E-state index contributed by atoms with van der Waals surface area (Å²) >= 11 is 0. The largest absolute Gasteiger partial charge is 0.496 e. The van der Waals surface area contributed by atoms with Crippen molar-refractivity contribution < 1.29 is 19.3 Å². The van der Waals surface area contributed by atoms with Gasteiger partial charge in [0.05, 0.1) is 26.9 Å². The topological polar surface area (TPSA) is 47.9 Å². The van der Waals surface area contributed by atoms with Gasteiger partial charge in [0.2, 0.25) is 0 Å². The highest BCUT2D eigenvalue weighted by molar-refractivity contribution is 5.51. The van der Waals surface area contributed by atoms with Crippen molar-refractivity contribution in [2.45, 2.75) is 24.9 Å². The Bertz CT molecular complexity index is 385. The maximum atomic E-state index is 10.0. The normalized spacial score (nSPS) is 16.5. The van der Waals surface area contributed by atoms with E-state index < -0.39 is 5.60 Å². The van der Waals surface area contributed by atoms with Gasteiger partial charge in [0, 0.05) is 24.1 Å². The van der Waals surface area contributed by atoms with E-state index in [2.05, 4.69) is 0 Å². The van der Waals surface area contributed by atoms with Crippen molar-refractivity contribution in [3.63, 3.8) is 0 Å². The smallest absolute Gasteiger partial charge is 0.129 e. The molecule has 1 aromatic rings. The lowest BCUT2D eigenvalue weighted by Crippen LogP contribution is -2.12. The van der Waals surface area contributed by atoms with Gasteiger partial charge < -0.3 is 19.3 Å². The lowest BCUT2D eigenvalue weighted by Gasteiger charge is -2.17. The summed E-state index contributed by atoms with van der Waals surface area (Å²) in [6, 6.07) is 3.62. The van der Waals surface area contributed by atoms with Crippen LogP contribution in [-0.4, -0.2) is 32.0 Å². The quantitative estimate of drug-likeness (QED) is 0.849. The van der Waals surface area contributed by atoms with Crippen molar-refractivity contribution >= 4 is 0 Å². The van der Waals surface area contributed by atoms with Gasteiger partial charge >= 0.3 is 0 Å². The molecule has 0 amide bonds. The van der Waals surface area contributed by atoms with Crippen LogP contribution in [0.3, 0.4) is 0 Å². The van der Waals surface area contributed by atoms with Crippen molar-refractivity contribution in [2.24, 2.45) is 0 Å². The van der Waals surface area contributed by atoms with Crippen LogP contribution in [0.5, 0.6) is 17.2 Å². The molecule has 0 atom stereocenters. The minimum absolute atomic E-state index is 0.559. The molecule has 1 saturated carbocycles. The first kappa shape index (κ1) is 12.0. The summed E-state index contributed by atoms with van der Waals surface area (Å²) < 4.78 is 15.8. The highest BCUT2D eigenvalue weighted by Crippen LogP contribution is 2.44. The standard InChI is InChI=1S/C13H18O4/c1-15-9-6-11(16-2)10(12(7-9)17-3)8-13(14)4-5-13/h6-7,14H,4-5,8H2,1-3H3. The molecule has 1 N–H and O–H groups in total. The molecule has 1 aliphatic rings. The van der Waals surface area contributed by atoms with E-state index in [1.165, 1.54) is 0 Å². The molecule has 94 valence electrons. The summed E-state index contributed by atoms with van der Waals surface area (Å²) in [4.78, 5) is 0. The zero-order valence-electron chi connectivity index (χ0n) is 10.4. The summed E-state index contributed by atoms with van der Waals surface area (Å²) in [5.74, 6) is 2.08. The molecule has 2 rings (SSSR count). The van der Waals surface area contributed by atoms with Gasteiger partial charge in [0.1, 0.15) is 17.2 Å². The van der Waals surface area contributed by atoms with E-state index >= 15 is 0 Å². The number of methoxy groups -OCH3 is 3. The highest BCUT2D eigenvalue weighted by Gasteiger charge is 2.41. The summed E-state index contributed by atoms with van der Waals surface area (Å²) in [5.41, 5.74) is 0.325. The Morgan fingerprint density at radius 1 is 1.06 bits per heavy atom. The van der Waals surface area contributed by atoms with Crippen molar-refractivity contribution in [3.05, 3.63) is 17.7 Å². The molecule has 0 bridgehead atoms. The Morgan fingerprint density at radius 3 is 1.94 bits per heavy atom. The van der Waals surface area contributed by atoms with Crippen LogP contribution in [0.2, 0.25) is 0 Å². The number of ether oxygens (including phenoxy) is 3. The van der Waals surface area contributed by atoms with Crippen LogP contribution in [0.15, 0.2) is 12.1 Å². The average Bonchev–Trinajstić information content (AvgIpc) is 3.07. The SMILES string of the molecule is COc1cc(OC)c(CC2(O)CC2)c(OC)c1. The first-order chi connectivity index (χ1) is 8.11. The number of hydrogen-bond donors (Lipinski definition) is 1. The molecule has 0 unspecified atom stereocenters. The predicted molar refractivity (Wildman–Crippen MR) is 64.0 cm³/mol. The van der Waals surface area contributed by atoms with Crippen LogP contribution in [0, 0.1) is 0 Å². The third-order valence-corrected chi connectivity index (χ3v) is 3.15. The van der Waals surface area contributed by atoms with Crippen molar-refractivity contribution in [1.29, 1.82) is 0 Å². The predicted octanol–water partition coefficient (Wildman–Crippen LogP) is 1.78. The molecule has 0 heterocycles. The van der Waals surface area contributed by atoms with Gasteiger partial charge in [-0.2, -0.15) is 0 Å². The second-order valence-corrected chi connectivity index (χ2v) is 4.41. The van der Waals surface area contributed by atoms with E-state index in [0.717, 1.165) is 18.4 Å². The molecule has 0 aliphatic heterocycles. The Morgan fingerprint density at radius 2 is 1.59 bits per heavy atom. The third kappa shape index (κ3) is 2.47. The first-order valence-electron chi connectivity index (χ1n) is 5.63. The van der Waals surface area contributed by atoms with Crippen molar-refractivity contribution in [1.82, 2.24) is 0 Å². The van der Waals surface area contributed by atoms with Crippen molar-refractivity contribution in [2.75, 3.05) is 21.3 Å². The van der Waals surface area contributed by atoms with E-state index in [1.54, 1.807) is 21.3 Å². The molecular weight excluding hydrogens is 220 g/mol. The molecule has 0 radical (unpaired) electrons. The molecule has 0 spiro atoms. The van der Waals surface area contributed by atoms with Crippen LogP contribution < -0.4 is 14.2 Å². The van der Waals surface area contributed by atoms with Crippen molar-refractivity contribution in [3.8, 4) is 17.2 Å². The van der Waals surface area contributed by atoms with E-state index in [9.17, 15) is 5.11 Å². The minimum Gasteiger partial charge on any atom is -0.496 e. The molecule has 1 fully saturated rings. The number of benzene rings is 1. The fourth-order valence-electron chi connectivity index (χ4n) is 1.90. The minimum atomic E-state index is -0.574. The van der Waals surface area contributed by atoms with E-state index in [1.807, 2.05) is 12.1 Å². The second-order valence-electron chi connectivity index (χ2n) is 4.41. The maximum absolute atomic E-state index is 10.0. The van der Waals surface area contributed by atoms with Gasteiger partial charge in [-0.15, -0.1) is 0 Å². The Balaban J connectivity index is 2.39. The molecule has 4 nitrogen and oxygen atoms in total. The average molecular weight is 238 g/mol. The Labute approximate surface area is 101 Å². The van der Waals surface area contributed by atoms with Gasteiger partial charge in [-0.1, -0.05) is 0 Å².